The van der Waals surface area contributed by atoms with Crippen LogP contribution >= 0.6 is 15.9 Å². The number of aromatic nitrogens is 2. The maximum Gasteiger partial charge on any atom is 0.233 e. The zero-order valence-corrected chi connectivity index (χ0v) is 21.7. The van der Waals surface area contributed by atoms with Gasteiger partial charge in [0, 0.05) is 18.3 Å². The van der Waals surface area contributed by atoms with Crippen molar-refractivity contribution in [3.63, 3.8) is 0 Å². The lowest BCUT2D eigenvalue weighted by atomic mass is 9.90. The SMILES string of the molecule is C#CCOc1nc(Nc2cccc(OC[C@@H](O)CN3CCC(Cc4ccccc4)CC3)c2)ncc1Br. The second kappa shape index (κ2) is 13.3. The lowest BCUT2D eigenvalue weighted by molar-refractivity contribution is 0.0551. The van der Waals surface area contributed by atoms with Crippen LogP contribution in [0.25, 0.3) is 0 Å². The molecule has 0 aliphatic carbocycles. The Morgan fingerprint density at radius 1 is 1.14 bits per heavy atom. The van der Waals surface area contributed by atoms with E-state index in [0.29, 0.717) is 34.5 Å². The van der Waals surface area contributed by atoms with Crippen molar-refractivity contribution in [1.82, 2.24) is 14.9 Å². The standard InChI is InChI=1S/C28H31BrN4O3/c1-2-15-35-27-26(29)18-30-28(32-27)31-23-9-6-10-25(17-23)36-20-24(34)19-33-13-11-22(12-14-33)16-21-7-4-3-5-8-21/h1,3-10,17-18,22,24,34H,11-16,19-20H2,(H,30,31,32)/t24-/m0/s1. The summed E-state index contributed by atoms with van der Waals surface area (Å²) in [6.45, 7) is 2.98. The van der Waals surface area contributed by atoms with Crippen molar-refractivity contribution in [1.29, 1.82) is 0 Å². The van der Waals surface area contributed by atoms with Gasteiger partial charge in [0.15, 0.2) is 6.61 Å². The third-order valence-electron chi connectivity index (χ3n) is 6.08. The van der Waals surface area contributed by atoms with Gasteiger partial charge in [0.25, 0.3) is 0 Å². The first-order valence-corrected chi connectivity index (χ1v) is 12.9. The van der Waals surface area contributed by atoms with E-state index in [1.54, 1.807) is 6.20 Å². The highest BCUT2D eigenvalue weighted by Gasteiger charge is 2.21. The first-order valence-electron chi connectivity index (χ1n) is 12.1. The molecule has 4 rings (SSSR count). The Balaban J connectivity index is 1.22. The van der Waals surface area contributed by atoms with Gasteiger partial charge >= 0.3 is 0 Å². The zero-order valence-electron chi connectivity index (χ0n) is 20.1. The van der Waals surface area contributed by atoms with E-state index in [1.807, 2.05) is 24.3 Å². The molecule has 36 heavy (non-hydrogen) atoms. The van der Waals surface area contributed by atoms with Gasteiger partial charge in [-0.15, -0.1) is 6.42 Å². The molecule has 0 amide bonds. The highest BCUT2D eigenvalue weighted by molar-refractivity contribution is 9.10. The third-order valence-corrected chi connectivity index (χ3v) is 6.62. The lowest BCUT2D eigenvalue weighted by Gasteiger charge is -2.33. The van der Waals surface area contributed by atoms with Gasteiger partial charge < -0.3 is 24.8 Å². The van der Waals surface area contributed by atoms with Crippen molar-refractivity contribution in [2.75, 3.05) is 38.2 Å². The fraction of sp³-hybridized carbons (Fsp3) is 0.357. The summed E-state index contributed by atoms with van der Waals surface area (Å²) in [5, 5.41) is 13.7. The molecule has 1 aliphatic heterocycles. The topological polar surface area (TPSA) is 79.7 Å². The second-order valence-electron chi connectivity index (χ2n) is 8.89. The number of hydrogen-bond donors (Lipinski definition) is 2. The minimum atomic E-state index is -0.557. The number of rotatable bonds is 11. The Morgan fingerprint density at radius 2 is 1.94 bits per heavy atom. The van der Waals surface area contributed by atoms with Crippen LogP contribution in [0.3, 0.4) is 0 Å². The largest absolute Gasteiger partial charge is 0.491 e. The van der Waals surface area contributed by atoms with Gasteiger partial charge in [-0.25, -0.2) is 4.98 Å². The molecule has 3 aromatic rings. The molecule has 188 valence electrons. The van der Waals surface area contributed by atoms with Crippen LogP contribution in [0.2, 0.25) is 0 Å². The minimum Gasteiger partial charge on any atom is -0.491 e. The van der Waals surface area contributed by atoms with Crippen molar-refractivity contribution < 1.29 is 14.6 Å². The Kier molecular flexibility index (Phi) is 9.56. The van der Waals surface area contributed by atoms with Crippen LogP contribution in [-0.4, -0.2) is 58.9 Å². The van der Waals surface area contributed by atoms with Crippen molar-refractivity contribution in [2.24, 2.45) is 5.92 Å². The number of aliphatic hydroxyl groups excluding tert-OH is 1. The molecule has 1 saturated heterocycles. The number of β-amino-alcohol motifs (C(OH)–C–C–N with tert-alkyl or cyclic N) is 1. The summed E-state index contributed by atoms with van der Waals surface area (Å²) in [5.74, 6) is 4.52. The van der Waals surface area contributed by atoms with Crippen LogP contribution in [0, 0.1) is 18.3 Å². The molecule has 0 unspecified atom stereocenters. The summed E-state index contributed by atoms with van der Waals surface area (Å²) >= 11 is 3.35. The monoisotopic (exact) mass is 550 g/mol. The van der Waals surface area contributed by atoms with Crippen LogP contribution in [0.5, 0.6) is 11.6 Å². The summed E-state index contributed by atoms with van der Waals surface area (Å²) in [4.78, 5) is 10.9. The predicted octanol–water partition coefficient (Wildman–Crippen LogP) is 4.69. The second-order valence-corrected chi connectivity index (χ2v) is 9.75. The van der Waals surface area contributed by atoms with E-state index in [2.05, 4.69) is 72.4 Å². The van der Waals surface area contributed by atoms with Crippen molar-refractivity contribution in [3.8, 4) is 24.0 Å². The molecule has 0 saturated carbocycles. The van der Waals surface area contributed by atoms with Crippen LogP contribution in [-0.2, 0) is 6.42 Å². The number of benzene rings is 2. The van der Waals surface area contributed by atoms with E-state index in [4.69, 9.17) is 15.9 Å². The summed E-state index contributed by atoms with van der Waals surface area (Å²) in [6.07, 6.45) is 9.74. The molecule has 0 radical (unpaired) electrons. The first kappa shape index (κ1) is 26.0. The van der Waals surface area contributed by atoms with E-state index in [1.165, 1.54) is 5.56 Å². The number of terminal acetylenes is 1. The maximum absolute atomic E-state index is 10.6. The number of halogens is 1. The molecule has 2 N–H and O–H groups in total. The average molecular weight is 551 g/mol. The first-order chi connectivity index (χ1) is 17.6. The van der Waals surface area contributed by atoms with Crippen molar-refractivity contribution in [2.45, 2.75) is 25.4 Å². The summed E-state index contributed by atoms with van der Waals surface area (Å²) in [7, 11) is 0. The normalized spacial score (nSPS) is 15.1. The Morgan fingerprint density at radius 3 is 2.72 bits per heavy atom. The van der Waals surface area contributed by atoms with E-state index in [9.17, 15) is 5.11 Å². The number of piperidine rings is 1. The molecule has 2 heterocycles. The van der Waals surface area contributed by atoms with E-state index >= 15 is 0 Å². The summed E-state index contributed by atoms with van der Waals surface area (Å²) in [5.41, 5.74) is 2.16. The number of likely N-dealkylation sites (tertiary alicyclic amines) is 1. The lowest BCUT2D eigenvalue weighted by Crippen LogP contribution is -2.41. The smallest absolute Gasteiger partial charge is 0.233 e. The number of ether oxygens (including phenoxy) is 2. The van der Waals surface area contributed by atoms with Crippen LogP contribution in [0.1, 0.15) is 18.4 Å². The van der Waals surface area contributed by atoms with Crippen LogP contribution < -0.4 is 14.8 Å². The van der Waals surface area contributed by atoms with Crippen molar-refractivity contribution in [3.05, 3.63) is 70.8 Å². The molecular formula is C28H31BrN4O3. The van der Waals surface area contributed by atoms with Gasteiger partial charge in [0.05, 0.1) is 10.7 Å². The molecule has 7 nitrogen and oxygen atoms in total. The van der Waals surface area contributed by atoms with E-state index in [-0.39, 0.29) is 13.2 Å². The molecule has 0 spiro atoms. The Hall–Kier alpha value is -3.12. The van der Waals surface area contributed by atoms with Gasteiger partial charge in [-0.1, -0.05) is 42.3 Å². The van der Waals surface area contributed by atoms with Gasteiger partial charge in [-0.05, 0) is 71.9 Å². The summed E-state index contributed by atoms with van der Waals surface area (Å²) < 4.78 is 11.9. The maximum atomic E-state index is 10.6. The molecule has 8 heteroatoms. The van der Waals surface area contributed by atoms with Gasteiger partial charge in [0.2, 0.25) is 11.8 Å². The fourth-order valence-electron chi connectivity index (χ4n) is 4.28. The van der Waals surface area contributed by atoms with E-state index < -0.39 is 6.10 Å². The molecule has 1 fully saturated rings. The quantitative estimate of drug-likeness (QED) is 0.335. The van der Waals surface area contributed by atoms with Gasteiger partial charge in [-0.2, -0.15) is 4.98 Å². The van der Waals surface area contributed by atoms with Crippen molar-refractivity contribution >= 4 is 27.6 Å². The molecule has 1 atom stereocenters. The third kappa shape index (κ3) is 7.95. The number of aliphatic hydroxyl groups is 1. The highest BCUT2D eigenvalue weighted by atomic mass is 79.9. The number of nitrogens with one attached hydrogen (secondary N) is 1. The number of hydrogen-bond acceptors (Lipinski definition) is 7. The minimum absolute atomic E-state index is 0.117. The summed E-state index contributed by atoms with van der Waals surface area (Å²) in [6, 6.07) is 18.1. The van der Waals surface area contributed by atoms with Crippen LogP contribution in [0.15, 0.2) is 65.3 Å². The zero-order chi connectivity index (χ0) is 25.2. The molecule has 0 bridgehead atoms. The van der Waals surface area contributed by atoms with Gasteiger partial charge in [-0.3, -0.25) is 0 Å². The average Bonchev–Trinajstić information content (AvgIpc) is 2.90. The molecular weight excluding hydrogens is 520 g/mol. The molecule has 1 aliphatic rings. The number of anilines is 2. The highest BCUT2D eigenvalue weighted by Crippen LogP contribution is 2.26. The molecule has 1 aromatic heterocycles. The van der Waals surface area contributed by atoms with Crippen LogP contribution in [0.4, 0.5) is 11.6 Å². The number of nitrogens with zero attached hydrogens (tertiary/aromatic N) is 3. The predicted molar refractivity (Wildman–Crippen MR) is 145 cm³/mol. The fourth-order valence-corrected chi connectivity index (χ4v) is 4.58. The van der Waals surface area contributed by atoms with Gasteiger partial charge in [0.1, 0.15) is 18.5 Å². The van der Waals surface area contributed by atoms with E-state index in [0.717, 1.165) is 38.0 Å². The Labute approximate surface area is 221 Å². The molecule has 2 aromatic carbocycles. The Bertz CT molecular complexity index is 1150.